The van der Waals surface area contributed by atoms with E-state index < -0.39 is 5.60 Å². The quantitative estimate of drug-likeness (QED) is 0.487. The summed E-state index contributed by atoms with van der Waals surface area (Å²) in [6.45, 7) is 6.76. The summed E-state index contributed by atoms with van der Waals surface area (Å²) < 4.78 is 17.5. The molecule has 20 heavy (non-hydrogen) atoms. The van der Waals surface area contributed by atoms with Crippen molar-refractivity contribution in [3.8, 4) is 0 Å². The Morgan fingerprint density at radius 2 is 1.55 bits per heavy atom. The number of halogens is 1. The van der Waals surface area contributed by atoms with Crippen LogP contribution in [0, 0.1) is 0 Å². The smallest absolute Gasteiger partial charge is 0.407 e. The summed E-state index contributed by atoms with van der Waals surface area (Å²) >= 11 is 0. The van der Waals surface area contributed by atoms with Crippen molar-refractivity contribution >= 4 is 6.09 Å². The van der Waals surface area contributed by atoms with Crippen molar-refractivity contribution in [3.63, 3.8) is 0 Å². The van der Waals surface area contributed by atoms with Crippen molar-refractivity contribution in [2.45, 2.75) is 71.3 Å². The van der Waals surface area contributed by atoms with Crippen molar-refractivity contribution in [2.24, 2.45) is 0 Å². The first-order chi connectivity index (χ1) is 9.31. The van der Waals surface area contributed by atoms with Crippen LogP contribution in [0.25, 0.3) is 0 Å². The number of ether oxygens (including phenoxy) is 1. The minimum atomic E-state index is -0.433. The number of nitrogens with zero attached hydrogens (tertiary/aromatic N) is 1. The van der Waals surface area contributed by atoms with E-state index >= 15 is 0 Å². The van der Waals surface area contributed by atoms with Gasteiger partial charge in [0, 0.05) is 20.1 Å². The SMILES string of the molecule is CN(F)CCCCCCCCCNC(=O)OC(C)(C)C. The highest BCUT2D eigenvalue weighted by molar-refractivity contribution is 5.67. The molecule has 5 heteroatoms. The number of unbranched alkanes of at least 4 members (excludes halogenated alkanes) is 6. The standard InChI is InChI=1S/C15H31FN2O2/c1-15(2,3)20-14(19)17-12-10-8-6-5-7-9-11-13-18(4)16/h5-13H2,1-4H3,(H,17,19). The molecule has 0 atom stereocenters. The van der Waals surface area contributed by atoms with Crippen molar-refractivity contribution in [1.29, 1.82) is 0 Å². The predicted octanol–water partition coefficient (Wildman–Crippen LogP) is 4.06. The van der Waals surface area contributed by atoms with Crippen molar-refractivity contribution in [1.82, 2.24) is 10.4 Å². The Morgan fingerprint density at radius 1 is 1.05 bits per heavy atom. The van der Waals surface area contributed by atoms with Crippen LogP contribution >= 0.6 is 0 Å². The number of nitrogens with one attached hydrogen (secondary N) is 1. The fourth-order valence-electron chi connectivity index (χ4n) is 1.84. The van der Waals surface area contributed by atoms with Crippen LogP contribution < -0.4 is 5.32 Å². The Hall–Kier alpha value is -0.840. The molecule has 0 radical (unpaired) electrons. The van der Waals surface area contributed by atoms with Crippen LogP contribution in [0.4, 0.5) is 9.28 Å². The maximum Gasteiger partial charge on any atom is 0.407 e. The summed E-state index contributed by atoms with van der Waals surface area (Å²) in [7, 11) is 1.46. The fourth-order valence-corrected chi connectivity index (χ4v) is 1.84. The monoisotopic (exact) mass is 290 g/mol. The van der Waals surface area contributed by atoms with Gasteiger partial charge in [0.1, 0.15) is 5.60 Å². The third-order valence-corrected chi connectivity index (χ3v) is 2.81. The first-order valence-electron chi connectivity index (χ1n) is 7.65. The molecular formula is C15H31FN2O2. The van der Waals surface area contributed by atoms with Crippen molar-refractivity contribution in [2.75, 3.05) is 20.1 Å². The van der Waals surface area contributed by atoms with Crippen LogP contribution in [0.3, 0.4) is 0 Å². The van der Waals surface area contributed by atoms with Gasteiger partial charge in [-0.3, -0.25) is 0 Å². The summed E-state index contributed by atoms with van der Waals surface area (Å²) in [4.78, 5) is 11.4. The summed E-state index contributed by atoms with van der Waals surface area (Å²) in [5.41, 5.74) is -0.433. The number of carbonyl (C=O) groups excluding carboxylic acids is 1. The first-order valence-corrected chi connectivity index (χ1v) is 7.65. The fraction of sp³-hybridized carbons (Fsp3) is 0.933. The molecule has 0 spiro atoms. The molecule has 0 saturated carbocycles. The van der Waals surface area contributed by atoms with E-state index in [1.807, 2.05) is 20.8 Å². The lowest BCUT2D eigenvalue weighted by Gasteiger charge is -2.19. The molecule has 0 bridgehead atoms. The number of carbonyl (C=O) groups is 1. The van der Waals surface area contributed by atoms with Crippen LogP contribution in [0.5, 0.6) is 0 Å². The van der Waals surface area contributed by atoms with E-state index in [-0.39, 0.29) is 6.09 Å². The first kappa shape index (κ1) is 19.2. The highest BCUT2D eigenvalue weighted by Crippen LogP contribution is 2.08. The zero-order chi connectivity index (χ0) is 15.4. The van der Waals surface area contributed by atoms with Gasteiger partial charge in [-0.15, -0.1) is 9.60 Å². The molecule has 0 aliphatic heterocycles. The number of amides is 1. The van der Waals surface area contributed by atoms with Gasteiger partial charge in [0.2, 0.25) is 0 Å². The van der Waals surface area contributed by atoms with E-state index in [0.29, 0.717) is 13.1 Å². The maximum absolute atomic E-state index is 12.4. The molecule has 120 valence electrons. The van der Waals surface area contributed by atoms with E-state index in [2.05, 4.69) is 5.32 Å². The number of hydrogen-bond acceptors (Lipinski definition) is 3. The van der Waals surface area contributed by atoms with Gasteiger partial charge in [-0.25, -0.2) is 4.79 Å². The minimum absolute atomic E-state index is 0.340. The molecule has 0 saturated heterocycles. The highest BCUT2D eigenvalue weighted by Gasteiger charge is 2.15. The van der Waals surface area contributed by atoms with Crippen molar-refractivity contribution < 1.29 is 14.0 Å². The van der Waals surface area contributed by atoms with E-state index in [1.165, 1.54) is 19.9 Å². The average Bonchev–Trinajstić information content (AvgIpc) is 2.28. The molecule has 0 aliphatic rings. The summed E-state index contributed by atoms with van der Waals surface area (Å²) in [5.74, 6) is 0. The lowest BCUT2D eigenvalue weighted by Crippen LogP contribution is -2.32. The molecule has 0 unspecified atom stereocenters. The largest absolute Gasteiger partial charge is 0.444 e. The molecule has 0 rings (SSSR count). The zero-order valence-electron chi connectivity index (χ0n) is 13.5. The Bertz CT molecular complexity index is 253. The van der Waals surface area contributed by atoms with Gasteiger partial charge in [-0.2, -0.15) is 0 Å². The van der Waals surface area contributed by atoms with E-state index in [4.69, 9.17) is 4.74 Å². The van der Waals surface area contributed by atoms with Gasteiger partial charge in [0.25, 0.3) is 0 Å². The lowest BCUT2D eigenvalue weighted by atomic mass is 10.1. The van der Waals surface area contributed by atoms with Crippen LogP contribution in [0.1, 0.15) is 65.7 Å². The lowest BCUT2D eigenvalue weighted by molar-refractivity contribution is 0.0526. The molecule has 0 heterocycles. The van der Waals surface area contributed by atoms with E-state index in [0.717, 1.165) is 37.2 Å². The average molecular weight is 290 g/mol. The Morgan fingerprint density at radius 3 is 2.05 bits per heavy atom. The summed E-state index contributed by atoms with van der Waals surface area (Å²) in [6.07, 6.45) is 7.27. The number of hydrogen-bond donors (Lipinski definition) is 1. The third kappa shape index (κ3) is 15.2. The van der Waals surface area contributed by atoms with Gasteiger partial charge < -0.3 is 10.1 Å². The molecule has 0 aromatic rings. The highest BCUT2D eigenvalue weighted by atomic mass is 19.2. The van der Waals surface area contributed by atoms with Crippen molar-refractivity contribution in [3.05, 3.63) is 0 Å². The van der Waals surface area contributed by atoms with Gasteiger partial charge in [-0.1, -0.05) is 32.1 Å². The Kier molecular flexibility index (Phi) is 10.4. The van der Waals surface area contributed by atoms with E-state index in [9.17, 15) is 9.28 Å². The summed E-state index contributed by atoms with van der Waals surface area (Å²) in [5, 5.41) is 3.49. The topological polar surface area (TPSA) is 41.6 Å². The van der Waals surface area contributed by atoms with Crippen LogP contribution in [-0.2, 0) is 4.74 Å². The number of rotatable bonds is 10. The second-order valence-electron chi connectivity index (χ2n) is 6.23. The predicted molar refractivity (Wildman–Crippen MR) is 80.3 cm³/mol. The minimum Gasteiger partial charge on any atom is -0.444 e. The second-order valence-corrected chi connectivity index (χ2v) is 6.23. The Balaban J connectivity index is 3.23. The molecular weight excluding hydrogens is 259 g/mol. The molecule has 4 nitrogen and oxygen atoms in total. The third-order valence-electron chi connectivity index (χ3n) is 2.81. The molecule has 0 aromatic heterocycles. The molecule has 0 aromatic carbocycles. The molecule has 1 amide bonds. The number of alkyl carbamates (subject to hydrolysis) is 1. The molecule has 0 aliphatic carbocycles. The van der Waals surface area contributed by atoms with Crippen LogP contribution in [0.2, 0.25) is 0 Å². The van der Waals surface area contributed by atoms with Gasteiger partial charge in [-0.05, 0) is 33.6 Å². The molecule has 1 N–H and O–H groups in total. The summed E-state index contributed by atoms with van der Waals surface area (Å²) in [6, 6.07) is 0. The van der Waals surface area contributed by atoms with Crippen LogP contribution in [-0.4, -0.2) is 37.0 Å². The van der Waals surface area contributed by atoms with Gasteiger partial charge in [0.15, 0.2) is 0 Å². The zero-order valence-corrected chi connectivity index (χ0v) is 13.5. The van der Waals surface area contributed by atoms with E-state index in [1.54, 1.807) is 0 Å². The normalized spacial score (nSPS) is 11.7. The van der Waals surface area contributed by atoms with Gasteiger partial charge >= 0.3 is 6.09 Å². The Labute approximate surface area is 123 Å². The van der Waals surface area contributed by atoms with Gasteiger partial charge in [0.05, 0.1) is 0 Å². The van der Waals surface area contributed by atoms with Crippen LogP contribution in [0.15, 0.2) is 0 Å². The molecule has 0 fully saturated rings. The second kappa shape index (κ2) is 10.9. The maximum atomic E-state index is 12.4.